The van der Waals surface area contributed by atoms with Crippen molar-refractivity contribution in [2.24, 2.45) is 0 Å². The van der Waals surface area contributed by atoms with Crippen molar-refractivity contribution in [3.05, 3.63) is 73.1 Å². The van der Waals surface area contributed by atoms with E-state index < -0.39 is 0 Å². The number of rotatable bonds is 5. The van der Waals surface area contributed by atoms with E-state index in [2.05, 4.69) is 56.4 Å². The molecule has 1 aliphatic heterocycles. The predicted octanol–water partition coefficient (Wildman–Crippen LogP) is 6.34. The van der Waals surface area contributed by atoms with Crippen molar-refractivity contribution in [1.29, 1.82) is 0 Å². The fourth-order valence-corrected chi connectivity index (χ4v) is 4.78. The average molecular weight is 508 g/mol. The number of anilines is 1. The number of nitrogens with zero attached hydrogens (tertiary/aromatic N) is 5. The van der Waals surface area contributed by atoms with Crippen LogP contribution in [0.1, 0.15) is 50.8 Å². The second-order valence-electron chi connectivity index (χ2n) is 10.0. The zero-order chi connectivity index (χ0) is 25.9. The van der Waals surface area contributed by atoms with Gasteiger partial charge in [0.25, 0.3) is 0 Å². The van der Waals surface area contributed by atoms with Crippen LogP contribution in [-0.4, -0.2) is 49.3 Å². The van der Waals surface area contributed by atoms with E-state index in [4.69, 9.17) is 9.84 Å². The number of aromatic nitrogens is 6. The minimum Gasteiger partial charge on any atom is -0.385 e. The van der Waals surface area contributed by atoms with Gasteiger partial charge in [0.2, 0.25) is 0 Å². The third kappa shape index (κ3) is 5.17. The molecule has 2 aliphatic rings. The van der Waals surface area contributed by atoms with Gasteiger partial charge in [0, 0.05) is 43.1 Å². The van der Waals surface area contributed by atoms with Crippen LogP contribution >= 0.6 is 0 Å². The molecule has 4 aromatic heterocycles. The molecule has 1 aromatic carbocycles. The van der Waals surface area contributed by atoms with Gasteiger partial charge >= 0.3 is 0 Å². The zero-order valence-corrected chi connectivity index (χ0v) is 21.9. The Bertz CT molecular complexity index is 1500. The first-order chi connectivity index (χ1) is 18.7. The minimum atomic E-state index is 0.536. The first-order valence-corrected chi connectivity index (χ1v) is 13.4. The molecule has 0 bridgehead atoms. The fourth-order valence-electron chi connectivity index (χ4n) is 4.78. The number of fused-ring (bicyclic) bond motifs is 1. The topological polar surface area (TPSA) is 93.0 Å². The SMILES string of the molecule is CC1CCCCO1.CNc1cc(-c2ccncc2)nn2c(-c3ccc(-c4cnc(C5CC5)[nH]4)cc3)cnc12. The van der Waals surface area contributed by atoms with Crippen molar-refractivity contribution in [2.45, 2.75) is 51.0 Å². The molecule has 2 N–H and O–H groups in total. The first-order valence-electron chi connectivity index (χ1n) is 13.4. The normalized spacial score (nSPS) is 17.2. The van der Waals surface area contributed by atoms with Crippen LogP contribution in [0.15, 0.2) is 67.3 Å². The van der Waals surface area contributed by atoms with E-state index in [-0.39, 0.29) is 0 Å². The molecule has 0 radical (unpaired) electrons. The number of nitrogens with one attached hydrogen (secondary N) is 2. The lowest BCUT2D eigenvalue weighted by atomic mass is 10.1. The summed E-state index contributed by atoms with van der Waals surface area (Å²) < 4.78 is 7.18. The van der Waals surface area contributed by atoms with Crippen molar-refractivity contribution >= 4 is 11.3 Å². The van der Waals surface area contributed by atoms with Crippen LogP contribution in [0.4, 0.5) is 5.69 Å². The van der Waals surface area contributed by atoms with Gasteiger partial charge in [-0.3, -0.25) is 4.98 Å². The number of hydrogen-bond acceptors (Lipinski definition) is 6. The number of benzene rings is 1. The molecule has 8 heteroatoms. The van der Waals surface area contributed by atoms with E-state index >= 15 is 0 Å². The maximum atomic E-state index is 5.28. The average Bonchev–Trinajstić information content (AvgIpc) is 3.54. The van der Waals surface area contributed by atoms with Gasteiger partial charge in [-0.2, -0.15) is 5.10 Å². The van der Waals surface area contributed by atoms with Crippen LogP contribution in [0.25, 0.3) is 39.4 Å². The van der Waals surface area contributed by atoms with Crippen LogP contribution < -0.4 is 5.32 Å². The zero-order valence-electron chi connectivity index (χ0n) is 21.9. The highest BCUT2D eigenvalue weighted by molar-refractivity contribution is 5.77. The Morgan fingerprint density at radius 2 is 1.71 bits per heavy atom. The van der Waals surface area contributed by atoms with E-state index in [0.717, 1.165) is 57.5 Å². The second-order valence-corrected chi connectivity index (χ2v) is 10.0. The summed E-state index contributed by atoms with van der Waals surface area (Å²) in [5.41, 5.74) is 7.77. The number of H-pyrrole nitrogens is 1. The van der Waals surface area contributed by atoms with Gasteiger partial charge in [-0.05, 0) is 62.8 Å². The highest BCUT2D eigenvalue weighted by atomic mass is 16.5. The fraction of sp³-hybridized carbons (Fsp3) is 0.333. The number of pyridine rings is 1. The maximum Gasteiger partial charge on any atom is 0.177 e. The third-order valence-electron chi connectivity index (χ3n) is 7.17. The maximum absolute atomic E-state index is 5.28. The van der Waals surface area contributed by atoms with Gasteiger partial charge < -0.3 is 15.0 Å². The number of hydrogen-bond donors (Lipinski definition) is 2. The largest absolute Gasteiger partial charge is 0.385 e. The Hall–Kier alpha value is -4.04. The lowest BCUT2D eigenvalue weighted by Gasteiger charge is -2.17. The molecule has 1 atom stereocenters. The van der Waals surface area contributed by atoms with Crippen LogP contribution in [0, 0.1) is 0 Å². The summed E-state index contributed by atoms with van der Waals surface area (Å²) in [6, 6.07) is 14.4. The van der Waals surface area contributed by atoms with E-state index in [1.54, 1.807) is 12.4 Å². The first kappa shape index (κ1) is 24.3. The summed E-state index contributed by atoms with van der Waals surface area (Å²) in [6.45, 7) is 3.13. The molecule has 8 nitrogen and oxygen atoms in total. The minimum absolute atomic E-state index is 0.536. The highest BCUT2D eigenvalue weighted by Gasteiger charge is 2.26. The van der Waals surface area contributed by atoms with E-state index in [1.807, 2.05) is 42.2 Å². The lowest BCUT2D eigenvalue weighted by molar-refractivity contribution is 0.0285. The summed E-state index contributed by atoms with van der Waals surface area (Å²) in [7, 11) is 1.90. The summed E-state index contributed by atoms with van der Waals surface area (Å²) in [5, 5.41) is 8.11. The van der Waals surface area contributed by atoms with Crippen molar-refractivity contribution in [3.8, 4) is 33.8 Å². The van der Waals surface area contributed by atoms with E-state index in [0.29, 0.717) is 12.0 Å². The Kier molecular flexibility index (Phi) is 6.88. The van der Waals surface area contributed by atoms with Gasteiger partial charge in [-0.15, -0.1) is 0 Å². The number of imidazole rings is 2. The molecule has 5 heterocycles. The monoisotopic (exact) mass is 507 g/mol. The molecule has 1 aliphatic carbocycles. The molecule has 1 saturated heterocycles. The Balaban J connectivity index is 0.000000330. The molecule has 194 valence electrons. The van der Waals surface area contributed by atoms with Crippen LogP contribution in [0.3, 0.4) is 0 Å². The summed E-state index contributed by atoms with van der Waals surface area (Å²) in [4.78, 5) is 16.7. The summed E-state index contributed by atoms with van der Waals surface area (Å²) >= 11 is 0. The highest BCUT2D eigenvalue weighted by Crippen LogP contribution is 2.39. The number of ether oxygens (including phenoxy) is 1. The van der Waals surface area contributed by atoms with Crippen molar-refractivity contribution in [1.82, 2.24) is 29.5 Å². The molecule has 0 amide bonds. The molecule has 1 saturated carbocycles. The Morgan fingerprint density at radius 1 is 0.921 bits per heavy atom. The van der Waals surface area contributed by atoms with Gasteiger partial charge in [-0.25, -0.2) is 14.5 Å². The van der Waals surface area contributed by atoms with Crippen molar-refractivity contribution in [2.75, 3.05) is 19.0 Å². The van der Waals surface area contributed by atoms with Gasteiger partial charge in [0.15, 0.2) is 5.65 Å². The molecule has 2 fully saturated rings. The predicted molar refractivity (Wildman–Crippen MR) is 150 cm³/mol. The van der Waals surface area contributed by atoms with E-state index in [1.165, 1.54) is 32.1 Å². The van der Waals surface area contributed by atoms with Crippen LogP contribution in [0.5, 0.6) is 0 Å². The lowest BCUT2D eigenvalue weighted by Crippen LogP contribution is -2.14. The molecule has 38 heavy (non-hydrogen) atoms. The van der Waals surface area contributed by atoms with E-state index in [9.17, 15) is 0 Å². The molecule has 0 spiro atoms. The van der Waals surface area contributed by atoms with Crippen molar-refractivity contribution in [3.63, 3.8) is 0 Å². The molecular formula is C30H33N7O. The Morgan fingerprint density at radius 3 is 2.37 bits per heavy atom. The van der Waals surface area contributed by atoms with Crippen molar-refractivity contribution < 1.29 is 4.74 Å². The molecular weight excluding hydrogens is 474 g/mol. The Labute approximate surface area is 222 Å². The summed E-state index contributed by atoms with van der Waals surface area (Å²) in [6.07, 6.45) is 14.3. The third-order valence-corrected chi connectivity index (χ3v) is 7.17. The molecule has 5 aromatic rings. The van der Waals surface area contributed by atoms with Gasteiger partial charge in [0.1, 0.15) is 5.82 Å². The standard InChI is InChI=1S/C24H21N7.C6H12O/c1-25-20-12-19(16-8-10-26-11-9-16)30-31-22(14-28-24(20)31)17-4-2-15(3-5-17)21-13-27-23(29-21)18-6-7-18;1-6-4-2-3-5-7-6/h2-5,8-14,18,25H,6-7H2,1H3,(H,27,29);6H,2-5H2,1H3. The smallest absolute Gasteiger partial charge is 0.177 e. The molecule has 7 rings (SSSR count). The van der Waals surface area contributed by atoms with Gasteiger partial charge in [0.05, 0.1) is 41.3 Å². The summed E-state index contributed by atoms with van der Waals surface area (Å²) in [5.74, 6) is 1.72. The second kappa shape index (κ2) is 10.8. The quantitative estimate of drug-likeness (QED) is 0.288. The number of aromatic amines is 1. The van der Waals surface area contributed by atoms with Crippen LogP contribution in [-0.2, 0) is 4.74 Å². The molecule has 1 unspecified atom stereocenters. The van der Waals surface area contributed by atoms with Crippen LogP contribution in [0.2, 0.25) is 0 Å². The van der Waals surface area contributed by atoms with Gasteiger partial charge in [-0.1, -0.05) is 24.3 Å².